The predicted octanol–water partition coefficient (Wildman–Crippen LogP) is 3.44. The van der Waals surface area contributed by atoms with Crippen LogP contribution in [0.4, 0.5) is 5.69 Å². The van der Waals surface area contributed by atoms with Crippen molar-refractivity contribution in [2.45, 2.75) is 36.0 Å². The fourth-order valence-corrected chi connectivity index (χ4v) is 2.94. The number of phenolic OH excluding ortho intramolecular Hbond substituents is 1. The van der Waals surface area contributed by atoms with Crippen molar-refractivity contribution in [1.29, 1.82) is 0 Å². The molecule has 0 radical (unpaired) electrons. The van der Waals surface area contributed by atoms with E-state index in [0.29, 0.717) is 4.90 Å². The molecule has 0 aromatic heterocycles. The third-order valence-corrected chi connectivity index (χ3v) is 4.53. The number of rotatable bonds is 2. The Morgan fingerprint density at radius 2 is 1.55 bits per heavy atom. The zero-order chi connectivity index (χ0) is 14.9. The van der Waals surface area contributed by atoms with Crippen LogP contribution in [0.2, 0.25) is 0 Å². The molecule has 0 bridgehead atoms. The number of anilines is 1. The Labute approximate surface area is 122 Å². The molecule has 3 N–H and O–H groups in total. The molecule has 0 saturated carbocycles. The van der Waals surface area contributed by atoms with Crippen LogP contribution in [0.1, 0.15) is 26.3 Å². The lowest BCUT2D eigenvalue weighted by Gasteiger charge is -2.19. The second-order valence-electron chi connectivity index (χ2n) is 5.76. The molecule has 0 aliphatic heterocycles. The van der Waals surface area contributed by atoms with E-state index < -0.39 is 11.2 Å². The molecule has 0 fully saturated rings. The molecule has 0 saturated heterocycles. The molecule has 0 amide bonds. The van der Waals surface area contributed by atoms with Crippen LogP contribution in [-0.4, -0.2) is 9.66 Å². The third-order valence-electron chi connectivity index (χ3n) is 3.15. The van der Waals surface area contributed by atoms with Gasteiger partial charge in [0.2, 0.25) is 0 Å². The lowest BCUT2D eigenvalue weighted by atomic mass is 9.87. The Morgan fingerprint density at radius 3 is 2.05 bits per heavy atom. The molecule has 4 heteroatoms. The number of hydrogen-bond donors (Lipinski definition) is 2. The molecule has 1 atom stereocenters. The van der Waals surface area contributed by atoms with Crippen molar-refractivity contribution in [3.05, 3.63) is 48.0 Å². The summed E-state index contributed by atoms with van der Waals surface area (Å²) < 4.78 is 12.4. The van der Waals surface area contributed by atoms with Gasteiger partial charge in [-0.1, -0.05) is 32.9 Å². The monoisotopic (exact) mass is 289 g/mol. The number of nitrogens with two attached hydrogens (primary N) is 1. The highest BCUT2D eigenvalue weighted by Crippen LogP contribution is 2.29. The fourth-order valence-electron chi connectivity index (χ4n) is 1.86. The molecular formula is C16H19NO2S. The summed E-state index contributed by atoms with van der Waals surface area (Å²) in [5.41, 5.74) is 7.14. The maximum atomic E-state index is 12.4. The van der Waals surface area contributed by atoms with Gasteiger partial charge in [0, 0.05) is 17.2 Å². The normalized spacial score (nSPS) is 13.2. The number of hydrogen-bond acceptors (Lipinski definition) is 3. The minimum atomic E-state index is -1.29. The lowest BCUT2D eigenvalue weighted by molar-refractivity contribution is 0.477. The minimum Gasteiger partial charge on any atom is -0.606 e. The summed E-state index contributed by atoms with van der Waals surface area (Å²) in [6.45, 7) is 6.42. The smallest absolute Gasteiger partial charge is 0.160 e. The third kappa shape index (κ3) is 3.08. The second kappa shape index (κ2) is 5.38. The Bertz CT molecular complexity index is 603. The van der Waals surface area contributed by atoms with Crippen molar-refractivity contribution in [3.63, 3.8) is 0 Å². The van der Waals surface area contributed by atoms with Crippen molar-refractivity contribution < 1.29 is 9.66 Å². The van der Waals surface area contributed by atoms with Gasteiger partial charge < -0.3 is 15.4 Å². The number of aromatic hydroxyl groups is 1. The van der Waals surface area contributed by atoms with E-state index in [1.807, 2.05) is 24.3 Å². The molecule has 20 heavy (non-hydrogen) atoms. The maximum absolute atomic E-state index is 12.4. The van der Waals surface area contributed by atoms with Gasteiger partial charge in [-0.25, -0.2) is 0 Å². The minimum absolute atomic E-state index is 0.00818. The molecule has 0 aliphatic carbocycles. The van der Waals surface area contributed by atoms with Gasteiger partial charge in [-0.05, 0) is 35.2 Å². The summed E-state index contributed by atoms with van der Waals surface area (Å²) in [5.74, 6) is 0.00818. The van der Waals surface area contributed by atoms with E-state index in [-0.39, 0.29) is 16.9 Å². The Kier molecular flexibility index (Phi) is 3.97. The van der Waals surface area contributed by atoms with Gasteiger partial charge in [0.25, 0.3) is 0 Å². The molecule has 1 unspecified atom stereocenters. The first-order chi connectivity index (χ1) is 9.29. The van der Waals surface area contributed by atoms with Crippen LogP contribution in [0.3, 0.4) is 0 Å². The Hall–Kier alpha value is -1.65. The number of phenols is 1. The molecule has 106 valence electrons. The molecule has 2 aromatic carbocycles. The van der Waals surface area contributed by atoms with E-state index in [1.54, 1.807) is 12.1 Å². The maximum Gasteiger partial charge on any atom is 0.160 e. The molecular weight excluding hydrogens is 270 g/mol. The zero-order valence-corrected chi connectivity index (χ0v) is 12.7. The van der Waals surface area contributed by atoms with E-state index >= 15 is 0 Å². The fraction of sp³-hybridized carbons (Fsp3) is 0.250. The summed E-state index contributed by atoms with van der Waals surface area (Å²) >= 11 is -1.29. The first-order valence-electron chi connectivity index (χ1n) is 6.40. The predicted molar refractivity (Wildman–Crippen MR) is 82.3 cm³/mol. The van der Waals surface area contributed by atoms with E-state index in [1.165, 1.54) is 11.6 Å². The standard InChI is InChI=1S/C16H19NO2S/c1-16(2,3)11-4-6-12(7-5-11)20(19)13-8-9-15(18)14(17)10-13/h4-10,18H,17H2,1-3H3. The van der Waals surface area contributed by atoms with Crippen LogP contribution in [0.15, 0.2) is 52.3 Å². The van der Waals surface area contributed by atoms with Crippen LogP contribution in [0, 0.1) is 0 Å². The van der Waals surface area contributed by atoms with E-state index in [0.717, 1.165) is 4.90 Å². The van der Waals surface area contributed by atoms with Gasteiger partial charge in [-0.3, -0.25) is 0 Å². The molecule has 2 rings (SSSR count). The molecule has 3 nitrogen and oxygen atoms in total. The Balaban J connectivity index is 2.29. The van der Waals surface area contributed by atoms with Gasteiger partial charge in [0.1, 0.15) is 5.75 Å². The molecule has 2 aromatic rings. The van der Waals surface area contributed by atoms with Crippen LogP contribution < -0.4 is 5.73 Å². The van der Waals surface area contributed by atoms with Gasteiger partial charge in [0.05, 0.1) is 5.69 Å². The van der Waals surface area contributed by atoms with Gasteiger partial charge in [0.15, 0.2) is 9.79 Å². The van der Waals surface area contributed by atoms with Gasteiger partial charge in [-0.15, -0.1) is 0 Å². The summed E-state index contributed by atoms with van der Waals surface area (Å²) in [7, 11) is 0. The second-order valence-corrected chi connectivity index (χ2v) is 7.24. The number of nitrogen functional groups attached to an aromatic ring is 1. The van der Waals surface area contributed by atoms with E-state index in [4.69, 9.17) is 5.73 Å². The zero-order valence-electron chi connectivity index (χ0n) is 11.9. The van der Waals surface area contributed by atoms with Crippen LogP contribution >= 0.6 is 0 Å². The van der Waals surface area contributed by atoms with Crippen molar-refractivity contribution in [1.82, 2.24) is 0 Å². The highest BCUT2D eigenvalue weighted by atomic mass is 32.2. The topological polar surface area (TPSA) is 69.3 Å². The molecule has 0 heterocycles. The average molecular weight is 289 g/mol. The highest BCUT2D eigenvalue weighted by Gasteiger charge is 2.18. The SMILES string of the molecule is CC(C)(C)c1ccc([S+]([O-])c2ccc(O)c(N)c2)cc1. The molecule has 0 aliphatic rings. The van der Waals surface area contributed by atoms with Gasteiger partial charge in [-0.2, -0.15) is 0 Å². The van der Waals surface area contributed by atoms with Crippen molar-refractivity contribution in [2.75, 3.05) is 5.73 Å². The first kappa shape index (κ1) is 14.8. The number of benzene rings is 2. The summed E-state index contributed by atoms with van der Waals surface area (Å²) in [6, 6.07) is 12.4. The Morgan fingerprint density at radius 1 is 1.00 bits per heavy atom. The van der Waals surface area contributed by atoms with Crippen LogP contribution in [0.5, 0.6) is 5.75 Å². The van der Waals surface area contributed by atoms with Crippen molar-refractivity contribution in [2.24, 2.45) is 0 Å². The summed E-state index contributed by atoms with van der Waals surface area (Å²) in [4.78, 5) is 1.31. The van der Waals surface area contributed by atoms with Gasteiger partial charge >= 0.3 is 0 Å². The lowest BCUT2D eigenvalue weighted by Crippen LogP contribution is -2.11. The molecule has 0 spiro atoms. The summed E-state index contributed by atoms with van der Waals surface area (Å²) in [5, 5.41) is 9.40. The quantitative estimate of drug-likeness (QED) is 0.505. The van der Waals surface area contributed by atoms with Crippen molar-refractivity contribution in [3.8, 4) is 5.75 Å². The van der Waals surface area contributed by atoms with Crippen molar-refractivity contribution >= 4 is 16.9 Å². The first-order valence-corrected chi connectivity index (χ1v) is 7.55. The van der Waals surface area contributed by atoms with E-state index in [2.05, 4.69) is 20.8 Å². The van der Waals surface area contributed by atoms with Crippen LogP contribution in [0.25, 0.3) is 0 Å². The average Bonchev–Trinajstić information content (AvgIpc) is 2.40. The summed E-state index contributed by atoms with van der Waals surface area (Å²) in [6.07, 6.45) is 0. The van der Waals surface area contributed by atoms with E-state index in [9.17, 15) is 9.66 Å². The highest BCUT2D eigenvalue weighted by molar-refractivity contribution is 7.91. The van der Waals surface area contributed by atoms with Crippen LogP contribution in [-0.2, 0) is 16.6 Å². The largest absolute Gasteiger partial charge is 0.606 e.